The lowest BCUT2D eigenvalue weighted by Gasteiger charge is -2.26. The van der Waals surface area contributed by atoms with Crippen LogP contribution in [0, 0.1) is 0 Å². The highest BCUT2D eigenvalue weighted by Gasteiger charge is 2.29. The van der Waals surface area contributed by atoms with Crippen LogP contribution in [0.5, 0.6) is 0 Å². The van der Waals surface area contributed by atoms with Crippen LogP contribution in [-0.2, 0) is 28.9 Å². The number of esters is 1. The van der Waals surface area contributed by atoms with Crippen molar-refractivity contribution in [3.05, 3.63) is 26.6 Å². The van der Waals surface area contributed by atoms with Crippen molar-refractivity contribution in [2.24, 2.45) is 0 Å². The van der Waals surface area contributed by atoms with Gasteiger partial charge >= 0.3 is 5.97 Å². The second-order valence-corrected chi connectivity index (χ2v) is 10.0. The maximum absolute atomic E-state index is 13.8. The second kappa shape index (κ2) is 9.82. The summed E-state index contributed by atoms with van der Waals surface area (Å²) in [6.07, 6.45) is 9.50. The lowest BCUT2D eigenvalue weighted by atomic mass is 9.97. The predicted octanol–water partition coefficient (Wildman–Crippen LogP) is 4.62. The van der Waals surface area contributed by atoms with E-state index in [2.05, 4.69) is 18.7 Å². The molecule has 0 aliphatic heterocycles. The van der Waals surface area contributed by atoms with Crippen LogP contribution in [0.3, 0.4) is 0 Å². The third kappa shape index (κ3) is 4.58. The van der Waals surface area contributed by atoms with E-state index in [0.29, 0.717) is 12.4 Å². The number of aryl methyl sites for hydroxylation is 2. The number of carbonyl (C=O) groups is 1. The highest BCUT2D eigenvalue weighted by Crippen LogP contribution is 2.34. The summed E-state index contributed by atoms with van der Waals surface area (Å²) in [5.41, 5.74) is 1.10. The minimum atomic E-state index is -0.670. The number of ether oxygens (including phenoxy) is 1. The van der Waals surface area contributed by atoms with E-state index in [4.69, 9.17) is 9.72 Å². The van der Waals surface area contributed by atoms with Crippen molar-refractivity contribution in [2.45, 2.75) is 97.2 Å². The summed E-state index contributed by atoms with van der Waals surface area (Å²) in [6, 6.07) is -0.670. The van der Waals surface area contributed by atoms with Gasteiger partial charge in [-0.15, -0.1) is 11.3 Å². The average Bonchev–Trinajstić information content (AvgIpc) is 3.16. The molecule has 2 heterocycles. The molecule has 2 aromatic heterocycles. The number of hydrogen-bond acceptors (Lipinski definition) is 6. The topological polar surface area (TPSA) is 64.4 Å². The zero-order valence-corrected chi connectivity index (χ0v) is 19.9. The van der Waals surface area contributed by atoms with E-state index in [1.54, 1.807) is 22.8 Å². The first-order valence-corrected chi connectivity index (χ1v) is 12.8. The zero-order valence-electron chi connectivity index (χ0n) is 19.1. The zero-order chi connectivity index (χ0) is 22.0. The molecule has 170 valence electrons. The minimum Gasteiger partial charge on any atom is -0.461 e. The quantitative estimate of drug-likeness (QED) is 0.582. The van der Waals surface area contributed by atoms with Gasteiger partial charge in [0.25, 0.3) is 5.56 Å². The summed E-state index contributed by atoms with van der Waals surface area (Å²) in [6.45, 7) is 8.30. The highest BCUT2D eigenvalue weighted by molar-refractivity contribution is 7.18. The van der Waals surface area contributed by atoms with Gasteiger partial charge in [0.15, 0.2) is 0 Å². The number of fused-ring (bicyclic) bond motifs is 3. The van der Waals surface area contributed by atoms with Crippen LogP contribution in [-0.4, -0.2) is 39.6 Å². The van der Waals surface area contributed by atoms with Gasteiger partial charge in [-0.2, -0.15) is 0 Å². The Kier molecular flexibility index (Phi) is 7.12. The number of carbonyl (C=O) groups excluding carboxylic acids is 1. The van der Waals surface area contributed by atoms with Gasteiger partial charge in [0.05, 0.1) is 11.9 Å². The van der Waals surface area contributed by atoms with Gasteiger partial charge in [-0.1, -0.05) is 20.3 Å². The molecule has 0 aromatic carbocycles. The maximum atomic E-state index is 13.8. The Morgan fingerprint density at radius 3 is 2.58 bits per heavy atom. The Bertz CT molecular complexity index is 986. The summed E-state index contributed by atoms with van der Waals surface area (Å²) in [7, 11) is 0. The van der Waals surface area contributed by atoms with Gasteiger partial charge in [-0.25, -0.2) is 9.78 Å². The summed E-state index contributed by atoms with van der Waals surface area (Å²) < 4.78 is 7.48. The van der Waals surface area contributed by atoms with Crippen LogP contribution in [0.4, 0.5) is 0 Å². The lowest BCUT2D eigenvalue weighted by molar-refractivity contribution is -0.154. The van der Waals surface area contributed by atoms with Crippen molar-refractivity contribution >= 4 is 27.5 Å². The van der Waals surface area contributed by atoms with Crippen molar-refractivity contribution in [3.8, 4) is 0 Å². The number of thiophene rings is 1. The first kappa shape index (κ1) is 22.5. The van der Waals surface area contributed by atoms with Crippen LogP contribution < -0.4 is 5.56 Å². The van der Waals surface area contributed by atoms with Crippen molar-refractivity contribution in [1.82, 2.24) is 14.5 Å². The molecule has 0 saturated heterocycles. The molecule has 1 fully saturated rings. The second-order valence-electron chi connectivity index (χ2n) is 8.93. The van der Waals surface area contributed by atoms with Gasteiger partial charge < -0.3 is 4.74 Å². The Labute approximate surface area is 188 Å². The molecule has 0 N–H and O–H groups in total. The summed E-state index contributed by atoms with van der Waals surface area (Å²) in [4.78, 5) is 36.2. The number of hydrogen-bond donors (Lipinski definition) is 0. The fourth-order valence-corrected chi connectivity index (χ4v) is 6.24. The third-order valence-electron chi connectivity index (χ3n) is 6.92. The van der Waals surface area contributed by atoms with Crippen molar-refractivity contribution in [1.29, 1.82) is 0 Å². The molecule has 4 rings (SSSR count). The highest BCUT2D eigenvalue weighted by atomic mass is 32.1. The van der Waals surface area contributed by atoms with Crippen LogP contribution in [0.25, 0.3) is 10.2 Å². The Balaban J connectivity index is 1.75. The molecule has 7 heteroatoms. The molecule has 0 bridgehead atoms. The number of rotatable bonds is 7. The van der Waals surface area contributed by atoms with E-state index in [-0.39, 0.29) is 17.6 Å². The van der Waals surface area contributed by atoms with E-state index >= 15 is 0 Å². The standard InChI is InChI=1S/C24H35N3O3S/c1-4-26(5-2)15-20-25-22-21(18-13-9-10-14-19(18)31-22)23(28)27(20)16(3)24(29)30-17-11-7-6-8-12-17/h16-17H,4-15H2,1-3H3. The Morgan fingerprint density at radius 2 is 1.87 bits per heavy atom. The SMILES string of the molecule is CCN(CC)Cc1nc2sc3c(c2c(=O)n1C(C)C(=O)OC1CCCCC1)CCCC3. The first-order valence-electron chi connectivity index (χ1n) is 12.0. The van der Waals surface area contributed by atoms with Crippen LogP contribution in [0.2, 0.25) is 0 Å². The molecule has 1 atom stereocenters. The molecule has 0 radical (unpaired) electrons. The van der Waals surface area contributed by atoms with E-state index < -0.39 is 6.04 Å². The number of nitrogens with zero attached hydrogens (tertiary/aromatic N) is 3. The fourth-order valence-electron chi connectivity index (χ4n) is 4.97. The molecule has 2 aliphatic rings. The first-order chi connectivity index (χ1) is 15.0. The molecule has 0 amide bonds. The van der Waals surface area contributed by atoms with Gasteiger partial charge in [0.1, 0.15) is 22.8 Å². The molecule has 0 spiro atoms. The third-order valence-corrected chi connectivity index (χ3v) is 8.10. The van der Waals surface area contributed by atoms with Crippen molar-refractivity contribution in [3.63, 3.8) is 0 Å². The molecule has 2 aliphatic carbocycles. The largest absolute Gasteiger partial charge is 0.461 e. The smallest absolute Gasteiger partial charge is 0.329 e. The summed E-state index contributed by atoms with van der Waals surface area (Å²) in [5.74, 6) is 0.368. The van der Waals surface area contributed by atoms with E-state index in [9.17, 15) is 9.59 Å². The Hall–Kier alpha value is -1.73. The summed E-state index contributed by atoms with van der Waals surface area (Å²) >= 11 is 1.67. The predicted molar refractivity (Wildman–Crippen MR) is 125 cm³/mol. The fraction of sp³-hybridized carbons (Fsp3) is 0.708. The van der Waals surface area contributed by atoms with Gasteiger partial charge in [-0.05, 0) is 76.9 Å². The molecule has 1 saturated carbocycles. The number of aromatic nitrogens is 2. The van der Waals surface area contributed by atoms with Crippen LogP contribution >= 0.6 is 11.3 Å². The molecular formula is C24H35N3O3S. The molecular weight excluding hydrogens is 410 g/mol. The van der Waals surface area contributed by atoms with Gasteiger partial charge in [0, 0.05) is 4.88 Å². The molecule has 1 unspecified atom stereocenters. The average molecular weight is 446 g/mol. The van der Waals surface area contributed by atoms with Crippen molar-refractivity contribution < 1.29 is 9.53 Å². The van der Waals surface area contributed by atoms with E-state index in [0.717, 1.165) is 68.3 Å². The van der Waals surface area contributed by atoms with Gasteiger partial charge in [0.2, 0.25) is 0 Å². The Morgan fingerprint density at radius 1 is 1.16 bits per heavy atom. The van der Waals surface area contributed by atoms with E-state index in [1.807, 2.05) is 0 Å². The lowest BCUT2D eigenvalue weighted by Crippen LogP contribution is -2.37. The van der Waals surface area contributed by atoms with Crippen molar-refractivity contribution in [2.75, 3.05) is 13.1 Å². The molecule has 6 nitrogen and oxygen atoms in total. The summed E-state index contributed by atoms with van der Waals surface area (Å²) in [5, 5.41) is 0.736. The molecule has 2 aromatic rings. The maximum Gasteiger partial charge on any atom is 0.329 e. The minimum absolute atomic E-state index is 0.0174. The monoisotopic (exact) mass is 445 g/mol. The molecule has 31 heavy (non-hydrogen) atoms. The van der Waals surface area contributed by atoms with Crippen LogP contribution in [0.15, 0.2) is 4.79 Å². The van der Waals surface area contributed by atoms with Crippen LogP contribution in [0.1, 0.15) is 88.0 Å². The van der Waals surface area contributed by atoms with Gasteiger partial charge in [-0.3, -0.25) is 14.3 Å². The van der Waals surface area contributed by atoms with E-state index in [1.165, 1.54) is 23.3 Å². The normalized spacial score (nSPS) is 18.3.